The summed E-state index contributed by atoms with van der Waals surface area (Å²) in [6.07, 6.45) is 0.529. The lowest BCUT2D eigenvalue weighted by molar-refractivity contribution is 0.377. The van der Waals surface area contributed by atoms with Crippen molar-refractivity contribution in [3.63, 3.8) is 0 Å². The first kappa shape index (κ1) is 24.4. The molecule has 0 aromatic heterocycles. The van der Waals surface area contributed by atoms with Crippen molar-refractivity contribution in [2.75, 3.05) is 26.6 Å². The fraction of sp³-hybridized carbons (Fsp3) is 0.172. The van der Waals surface area contributed by atoms with Gasteiger partial charge in [0.25, 0.3) is 0 Å². The Hall–Kier alpha value is -4.30. The van der Waals surface area contributed by atoms with Gasteiger partial charge >= 0.3 is 0 Å². The number of hydrogen-bond acceptors (Lipinski definition) is 6. The normalized spacial score (nSPS) is 14.8. The third-order valence-electron chi connectivity index (χ3n) is 6.47. The maximum atomic E-state index is 10.7. The van der Waals surface area contributed by atoms with E-state index >= 15 is 0 Å². The zero-order valence-corrected chi connectivity index (χ0v) is 21.6. The highest BCUT2D eigenvalue weighted by Crippen LogP contribution is 2.40. The quantitative estimate of drug-likeness (QED) is 0.301. The molecule has 0 fully saturated rings. The molecule has 0 spiro atoms. The van der Waals surface area contributed by atoms with Gasteiger partial charge in [0.1, 0.15) is 23.0 Å². The van der Waals surface area contributed by atoms with E-state index in [2.05, 4.69) is 17.4 Å². The Balaban J connectivity index is 1.57. The minimum atomic E-state index is -0.213. The van der Waals surface area contributed by atoms with Gasteiger partial charge in [0.05, 0.1) is 33.1 Å². The van der Waals surface area contributed by atoms with Crippen molar-refractivity contribution in [1.29, 1.82) is 0 Å². The third kappa shape index (κ3) is 4.75. The molecule has 1 aliphatic rings. The van der Waals surface area contributed by atoms with Gasteiger partial charge in [-0.25, -0.2) is 5.01 Å². The first-order valence-corrected chi connectivity index (χ1v) is 12.2. The summed E-state index contributed by atoms with van der Waals surface area (Å²) in [5, 5.41) is 23.2. The third-order valence-corrected chi connectivity index (χ3v) is 6.76. The molecule has 37 heavy (non-hydrogen) atoms. The summed E-state index contributed by atoms with van der Waals surface area (Å²) in [6, 6.07) is 24.6. The SMILES string of the molecule is COc1ccc(NC(=S)N2N=C(c3cc(OC)ccc3O)CC2c2ccc(OC)c3ccccc23)cc1. The van der Waals surface area contributed by atoms with Crippen molar-refractivity contribution < 1.29 is 19.3 Å². The predicted octanol–water partition coefficient (Wildman–Crippen LogP) is 6.12. The fourth-order valence-electron chi connectivity index (χ4n) is 4.59. The molecule has 188 valence electrons. The van der Waals surface area contributed by atoms with Crippen LogP contribution in [0.1, 0.15) is 23.6 Å². The van der Waals surface area contributed by atoms with E-state index in [0.717, 1.165) is 33.5 Å². The smallest absolute Gasteiger partial charge is 0.194 e. The van der Waals surface area contributed by atoms with Crippen molar-refractivity contribution in [2.45, 2.75) is 12.5 Å². The molecule has 1 aliphatic heterocycles. The van der Waals surface area contributed by atoms with Gasteiger partial charge in [-0.15, -0.1) is 0 Å². The van der Waals surface area contributed by atoms with Crippen molar-refractivity contribution in [3.8, 4) is 23.0 Å². The lowest BCUT2D eigenvalue weighted by Gasteiger charge is -2.26. The Labute approximate surface area is 220 Å². The number of rotatable bonds is 6. The molecule has 5 rings (SSSR count). The number of benzene rings is 4. The molecule has 4 aromatic carbocycles. The Kier molecular flexibility index (Phi) is 6.83. The van der Waals surface area contributed by atoms with E-state index in [-0.39, 0.29) is 11.8 Å². The van der Waals surface area contributed by atoms with Gasteiger partial charge in [-0.1, -0.05) is 30.3 Å². The number of thiocarbonyl (C=S) groups is 1. The summed E-state index contributed by atoms with van der Waals surface area (Å²) in [6.45, 7) is 0. The molecule has 2 N–H and O–H groups in total. The lowest BCUT2D eigenvalue weighted by Crippen LogP contribution is -2.31. The molecule has 0 bridgehead atoms. The van der Waals surface area contributed by atoms with E-state index < -0.39 is 0 Å². The molecule has 0 saturated carbocycles. The fourth-order valence-corrected chi connectivity index (χ4v) is 4.88. The average molecular weight is 514 g/mol. The highest BCUT2D eigenvalue weighted by atomic mass is 32.1. The lowest BCUT2D eigenvalue weighted by atomic mass is 9.93. The van der Waals surface area contributed by atoms with Crippen LogP contribution in [0.25, 0.3) is 10.8 Å². The Morgan fingerprint density at radius 2 is 1.59 bits per heavy atom. The number of nitrogens with one attached hydrogen (secondary N) is 1. The van der Waals surface area contributed by atoms with Gasteiger partial charge in [-0.05, 0) is 71.7 Å². The van der Waals surface area contributed by atoms with Crippen LogP contribution in [0.4, 0.5) is 5.69 Å². The molecule has 4 aromatic rings. The number of phenols is 1. The topological polar surface area (TPSA) is 75.6 Å². The van der Waals surface area contributed by atoms with Crippen molar-refractivity contribution >= 4 is 39.5 Å². The highest BCUT2D eigenvalue weighted by molar-refractivity contribution is 7.80. The Bertz CT molecular complexity index is 1490. The number of fused-ring (bicyclic) bond motifs is 1. The Morgan fingerprint density at radius 1 is 0.892 bits per heavy atom. The summed E-state index contributed by atoms with van der Waals surface area (Å²) < 4.78 is 16.3. The minimum absolute atomic E-state index is 0.133. The second-order valence-corrected chi connectivity index (χ2v) is 8.94. The van der Waals surface area contributed by atoms with Crippen LogP contribution in [0.15, 0.2) is 84.0 Å². The van der Waals surface area contributed by atoms with E-state index in [1.54, 1.807) is 39.5 Å². The van der Waals surface area contributed by atoms with Gasteiger partial charge < -0.3 is 24.6 Å². The maximum Gasteiger partial charge on any atom is 0.194 e. The molecular weight excluding hydrogens is 486 g/mol. The zero-order chi connectivity index (χ0) is 25.9. The van der Waals surface area contributed by atoms with Crippen LogP contribution < -0.4 is 19.5 Å². The molecule has 0 saturated heterocycles. The predicted molar refractivity (Wildman–Crippen MR) is 150 cm³/mol. The summed E-state index contributed by atoms with van der Waals surface area (Å²) in [5.74, 6) is 2.33. The summed E-state index contributed by atoms with van der Waals surface area (Å²) in [7, 11) is 4.90. The number of ether oxygens (including phenoxy) is 3. The number of anilines is 1. The van der Waals surface area contributed by atoms with Crippen LogP contribution in [0, 0.1) is 0 Å². The largest absolute Gasteiger partial charge is 0.507 e. The molecule has 1 atom stereocenters. The highest BCUT2D eigenvalue weighted by Gasteiger charge is 2.34. The Morgan fingerprint density at radius 3 is 2.30 bits per heavy atom. The van der Waals surface area contributed by atoms with Crippen LogP contribution in [-0.4, -0.2) is 42.3 Å². The molecule has 1 unspecified atom stereocenters. The molecule has 0 radical (unpaired) electrons. The van der Waals surface area contributed by atoms with Gasteiger partial charge in [-0.2, -0.15) is 5.10 Å². The van der Waals surface area contributed by atoms with E-state index in [0.29, 0.717) is 28.6 Å². The first-order valence-electron chi connectivity index (χ1n) is 11.8. The van der Waals surface area contributed by atoms with Gasteiger partial charge in [-0.3, -0.25) is 0 Å². The number of aromatic hydroxyl groups is 1. The van der Waals surface area contributed by atoms with E-state index in [1.165, 1.54) is 0 Å². The molecule has 1 heterocycles. The van der Waals surface area contributed by atoms with Crippen molar-refractivity contribution in [1.82, 2.24) is 5.01 Å². The zero-order valence-electron chi connectivity index (χ0n) is 20.8. The maximum absolute atomic E-state index is 10.7. The molecule has 0 amide bonds. The van der Waals surface area contributed by atoms with Crippen LogP contribution in [-0.2, 0) is 0 Å². The molecule has 0 aliphatic carbocycles. The van der Waals surface area contributed by atoms with Crippen molar-refractivity contribution in [2.24, 2.45) is 5.10 Å². The molecule has 8 heteroatoms. The standard InChI is InChI=1S/C29H27N3O4S/c1-34-19-10-8-18(9-11-19)30-29(37)32-26(17-25(31-32)24-16-20(35-2)12-14-27(24)33)22-13-15-28(36-3)23-7-5-4-6-21(22)23/h4-16,26,33H,17H2,1-3H3,(H,30,37). The van der Waals surface area contributed by atoms with Crippen LogP contribution in [0.3, 0.4) is 0 Å². The average Bonchev–Trinajstić information content (AvgIpc) is 3.38. The summed E-state index contributed by atoms with van der Waals surface area (Å²) >= 11 is 5.85. The van der Waals surface area contributed by atoms with E-state index in [4.69, 9.17) is 31.5 Å². The molecular formula is C29H27N3O4S. The summed E-state index contributed by atoms with van der Waals surface area (Å²) in [4.78, 5) is 0. The monoisotopic (exact) mass is 513 g/mol. The number of phenolic OH excluding ortho intramolecular Hbond substituents is 1. The van der Waals surface area contributed by atoms with E-state index in [1.807, 2.05) is 53.5 Å². The second-order valence-electron chi connectivity index (χ2n) is 8.56. The van der Waals surface area contributed by atoms with Crippen LogP contribution in [0.2, 0.25) is 0 Å². The number of nitrogens with zero attached hydrogens (tertiary/aromatic N) is 2. The van der Waals surface area contributed by atoms with Gasteiger partial charge in [0, 0.05) is 23.1 Å². The van der Waals surface area contributed by atoms with E-state index in [9.17, 15) is 5.11 Å². The first-order chi connectivity index (χ1) is 18.0. The number of methoxy groups -OCH3 is 3. The van der Waals surface area contributed by atoms with Crippen LogP contribution >= 0.6 is 12.2 Å². The van der Waals surface area contributed by atoms with Crippen LogP contribution in [0.5, 0.6) is 23.0 Å². The van der Waals surface area contributed by atoms with Gasteiger partial charge in [0.2, 0.25) is 0 Å². The summed E-state index contributed by atoms with van der Waals surface area (Å²) in [5.41, 5.74) is 3.19. The number of hydrogen-bond donors (Lipinski definition) is 2. The second kappa shape index (κ2) is 10.4. The number of hydrazone groups is 1. The van der Waals surface area contributed by atoms with Gasteiger partial charge in [0.15, 0.2) is 5.11 Å². The minimum Gasteiger partial charge on any atom is -0.507 e. The van der Waals surface area contributed by atoms with Crippen molar-refractivity contribution in [3.05, 3.63) is 90.0 Å². The molecule has 7 nitrogen and oxygen atoms in total.